The average Bonchev–Trinajstić information content (AvgIpc) is 3.34. The van der Waals surface area contributed by atoms with Gasteiger partial charge in [0.25, 0.3) is 0 Å². The molecule has 1 fully saturated rings. The van der Waals surface area contributed by atoms with E-state index >= 15 is 0 Å². The van der Waals surface area contributed by atoms with Crippen LogP contribution in [-0.4, -0.2) is 31.1 Å². The minimum atomic E-state index is -0.0829. The van der Waals surface area contributed by atoms with Gasteiger partial charge >= 0.3 is 0 Å². The zero-order valence-corrected chi connectivity index (χ0v) is 22.2. The molecule has 2 atom stereocenters. The summed E-state index contributed by atoms with van der Waals surface area (Å²) in [5.41, 5.74) is 3.56. The van der Waals surface area contributed by atoms with E-state index in [1.165, 1.54) is 22.4 Å². The van der Waals surface area contributed by atoms with Crippen molar-refractivity contribution in [1.29, 1.82) is 0 Å². The number of hydrogen-bond acceptors (Lipinski definition) is 7. The van der Waals surface area contributed by atoms with Crippen molar-refractivity contribution >= 4 is 33.5 Å². The van der Waals surface area contributed by atoms with Crippen LogP contribution in [0.25, 0.3) is 10.2 Å². The zero-order valence-electron chi connectivity index (χ0n) is 20.5. The monoisotopic (exact) mass is 520 g/mol. The molecule has 1 aromatic heterocycles. The van der Waals surface area contributed by atoms with E-state index in [9.17, 15) is 0 Å². The summed E-state index contributed by atoms with van der Waals surface area (Å²) < 4.78 is 22.2. The van der Waals surface area contributed by atoms with Gasteiger partial charge in [-0.3, -0.25) is 0 Å². The van der Waals surface area contributed by atoms with Gasteiger partial charge in [-0.15, -0.1) is 11.3 Å². The molecule has 1 aliphatic heterocycles. The second-order valence-corrected chi connectivity index (χ2v) is 10.9. The van der Waals surface area contributed by atoms with E-state index in [4.69, 9.17) is 19.2 Å². The van der Waals surface area contributed by atoms with E-state index < -0.39 is 0 Å². The third-order valence-electron chi connectivity index (χ3n) is 6.05. The van der Waals surface area contributed by atoms with Crippen LogP contribution in [0.1, 0.15) is 41.4 Å². The molecule has 5 nitrogen and oxygen atoms in total. The molecular weight excluding hydrogens is 488 g/mol. The first-order chi connectivity index (χ1) is 17.7. The average molecular weight is 521 g/mol. The van der Waals surface area contributed by atoms with E-state index in [2.05, 4.69) is 66.2 Å². The molecule has 0 spiro atoms. The Hall–Kier alpha value is -2.42. The third kappa shape index (κ3) is 7.08. The predicted octanol–water partition coefficient (Wildman–Crippen LogP) is 7.11. The molecule has 5 rings (SSSR count). The third-order valence-corrected chi connectivity index (χ3v) is 8.09. The van der Waals surface area contributed by atoms with Crippen molar-refractivity contribution < 1.29 is 14.2 Å². The highest BCUT2D eigenvalue weighted by Crippen LogP contribution is 2.33. The van der Waals surface area contributed by atoms with Gasteiger partial charge in [-0.25, -0.2) is 9.71 Å². The number of nitrogens with zero attached hydrogens (tertiary/aromatic N) is 1. The van der Waals surface area contributed by atoms with Crippen LogP contribution < -0.4 is 9.46 Å². The van der Waals surface area contributed by atoms with Crippen LogP contribution in [0.3, 0.4) is 0 Å². The van der Waals surface area contributed by atoms with Gasteiger partial charge in [0.15, 0.2) is 6.29 Å². The Kier molecular flexibility index (Phi) is 8.90. The smallest absolute Gasteiger partial charge is 0.157 e. The number of nitrogens with one attached hydrogen (secondary N) is 1. The molecule has 4 aromatic rings. The van der Waals surface area contributed by atoms with Gasteiger partial charge in [-0.05, 0) is 80.5 Å². The van der Waals surface area contributed by atoms with Crippen molar-refractivity contribution in [3.63, 3.8) is 0 Å². The highest BCUT2D eigenvalue weighted by atomic mass is 32.2. The van der Waals surface area contributed by atoms with Crippen molar-refractivity contribution in [2.45, 2.75) is 49.8 Å². The lowest BCUT2D eigenvalue weighted by Crippen LogP contribution is -2.24. The number of hydrogen-bond donors (Lipinski definition) is 1. The topological polar surface area (TPSA) is 52.6 Å². The minimum absolute atomic E-state index is 0.0829. The summed E-state index contributed by atoms with van der Waals surface area (Å²) in [5.74, 6) is 0.840. The van der Waals surface area contributed by atoms with Crippen LogP contribution in [0, 0.1) is 6.92 Å². The summed E-state index contributed by atoms with van der Waals surface area (Å²) in [6.45, 7) is 3.95. The maximum absolute atomic E-state index is 5.97. The zero-order chi connectivity index (χ0) is 24.6. The van der Waals surface area contributed by atoms with Crippen molar-refractivity contribution in [2.24, 2.45) is 0 Å². The maximum atomic E-state index is 5.97. The molecule has 188 valence electrons. The van der Waals surface area contributed by atoms with E-state index in [0.717, 1.165) is 46.8 Å². The first-order valence-electron chi connectivity index (χ1n) is 12.5. The van der Waals surface area contributed by atoms with E-state index in [-0.39, 0.29) is 12.3 Å². The molecular formula is C29H32N2O3S2. The van der Waals surface area contributed by atoms with Gasteiger partial charge in [0.2, 0.25) is 0 Å². The fourth-order valence-electron chi connectivity index (χ4n) is 4.23. The Bertz CT molecular complexity index is 1240. The molecule has 1 N–H and O–H groups in total. The molecule has 2 heterocycles. The molecule has 1 saturated heterocycles. The summed E-state index contributed by atoms with van der Waals surface area (Å²) in [6.07, 6.45) is 4.04. The number of aromatic nitrogens is 1. The summed E-state index contributed by atoms with van der Waals surface area (Å²) >= 11 is 3.37. The fourth-order valence-corrected chi connectivity index (χ4v) is 6.11. The Morgan fingerprint density at radius 2 is 1.97 bits per heavy atom. The van der Waals surface area contributed by atoms with E-state index in [0.29, 0.717) is 13.2 Å². The van der Waals surface area contributed by atoms with Gasteiger partial charge in [0, 0.05) is 11.5 Å². The summed E-state index contributed by atoms with van der Waals surface area (Å²) in [7, 11) is 0. The van der Waals surface area contributed by atoms with Gasteiger partial charge in [0.05, 0.1) is 22.9 Å². The van der Waals surface area contributed by atoms with E-state index in [1.54, 1.807) is 23.3 Å². The number of thiazole rings is 1. The molecule has 0 aliphatic carbocycles. The molecule has 7 heteroatoms. The molecule has 0 bridgehead atoms. The number of fused-ring (bicyclic) bond motifs is 1. The van der Waals surface area contributed by atoms with Crippen molar-refractivity contribution in [3.05, 3.63) is 88.9 Å². The second kappa shape index (κ2) is 12.7. The van der Waals surface area contributed by atoms with Crippen LogP contribution in [0.4, 0.5) is 0 Å². The molecule has 36 heavy (non-hydrogen) atoms. The number of ether oxygens (including phenoxy) is 3. The van der Waals surface area contributed by atoms with Gasteiger partial charge in [0.1, 0.15) is 17.4 Å². The van der Waals surface area contributed by atoms with Crippen LogP contribution >= 0.6 is 23.3 Å². The molecule has 2 unspecified atom stereocenters. The largest absolute Gasteiger partial charge is 0.491 e. The van der Waals surface area contributed by atoms with Gasteiger partial charge in [-0.2, -0.15) is 0 Å². The van der Waals surface area contributed by atoms with Gasteiger partial charge < -0.3 is 14.2 Å². The fraction of sp³-hybridized carbons (Fsp3) is 0.345. The maximum Gasteiger partial charge on any atom is 0.157 e. The predicted molar refractivity (Wildman–Crippen MR) is 148 cm³/mol. The molecule has 3 aromatic carbocycles. The first kappa shape index (κ1) is 25.2. The Morgan fingerprint density at radius 3 is 2.81 bits per heavy atom. The SMILES string of the molecule is Cc1cccc(CC(NSc2ccccc2)c2nc3ccc(OCCOC4CCCCO4)cc3s2)c1. The number of rotatable bonds is 11. The van der Waals surface area contributed by atoms with Crippen LogP contribution in [-0.2, 0) is 15.9 Å². The number of benzene rings is 3. The normalized spacial score (nSPS) is 16.8. The van der Waals surface area contributed by atoms with Crippen molar-refractivity contribution in [1.82, 2.24) is 9.71 Å². The summed E-state index contributed by atoms with van der Waals surface area (Å²) in [5, 5.41) is 1.07. The van der Waals surface area contributed by atoms with Crippen LogP contribution in [0.5, 0.6) is 5.75 Å². The lowest BCUT2D eigenvalue weighted by Gasteiger charge is -2.22. The molecule has 0 saturated carbocycles. The quantitative estimate of drug-likeness (QED) is 0.168. The highest BCUT2D eigenvalue weighted by molar-refractivity contribution is 7.97. The Balaban J connectivity index is 1.26. The Labute approximate surface area is 221 Å². The molecule has 0 amide bonds. The van der Waals surface area contributed by atoms with Crippen LogP contribution in [0.2, 0.25) is 0 Å². The molecule has 1 aliphatic rings. The lowest BCUT2D eigenvalue weighted by atomic mass is 10.0. The minimum Gasteiger partial charge on any atom is -0.491 e. The van der Waals surface area contributed by atoms with Crippen molar-refractivity contribution in [2.75, 3.05) is 19.8 Å². The summed E-state index contributed by atoms with van der Waals surface area (Å²) in [6, 6.07) is 25.3. The van der Waals surface area contributed by atoms with Gasteiger partial charge in [-0.1, -0.05) is 48.0 Å². The molecule has 0 radical (unpaired) electrons. The Morgan fingerprint density at radius 1 is 1.06 bits per heavy atom. The van der Waals surface area contributed by atoms with E-state index in [1.807, 2.05) is 18.2 Å². The lowest BCUT2D eigenvalue weighted by molar-refractivity contribution is -0.165. The highest BCUT2D eigenvalue weighted by Gasteiger charge is 2.18. The summed E-state index contributed by atoms with van der Waals surface area (Å²) in [4.78, 5) is 6.17. The standard InChI is InChI=1S/C29H32N2O3S2/c1-21-8-7-9-22(18-21)19-26(31-36-24-10-3-2-4-11-24)29-30-25-14-13-23(20-27(25)35-29)32-16-17-34-28-12-5-6-15-33-28/h2-4,7-11,13-14,18,20,26,28,31H,5-6,12,15-17,19H2,1H3. The van der Waals surface area contributed by atoms with Crippen molar-refractivity contribution in [3.8, 4) is 5.75 Å². The first-order valence-corrected chi connectivity index (χ1v) is 14.2. The second-order valence-electron chi connectivity index (χ2n) is 8.98. The number of aryl methyl sites for hydroxylation is 1. The van der Waals surface area contributed by atoms with Crippen LogP contribution in [0.15, 0.2) is 77.7 Å².